The third-order valence-corrected chi connectivity index (χ3v) is 5.12. The molecule has 20 heavy (non-hydrogen) atoms. The topological polar surface area (TPSA) is 44.4 Å². The van der Waals surface area contributed by atoms with E-state index in [1.807, 2.05) is 11.4 Å². The van der Waals surface area contributed by atoms with Gasteiger partial charge < -0.3 is 15.5 Å². The van der Waals surface area contributed by atoms with Gasteiger partial charge in [0.1, 0.15) is 0 Å². The Morgan fingerprint density at radius 1 is 1.35 bits per heavy atom. The van der Waals surface area contributed by atoms with Gasteiger partial charge in [-0.1, -0.05) is 0 Å². The van der Waals surface area contributed by atoms with Gasteiger partial charge in [0, 0.05) is 30.4 Å². The van der Waals surface area contributed by atoms with Gasteiger partial charge in [-0.05, 0) is 50.2 Å². The number of amides is 1. The first-order valence-corrected chi connectivity index (χ1v) is 8.42. The molecule has 0 aromatic carbocycles. The molecule has 2 N–H and O–H groups in total. The van der Waals surface area contributed by atoms with Gasteiger partial charge in [0.05, 0.1) is 5.69 Å². The van der Waals surface area contributed by atoms with Crippen LogP contribution in [0.2, 0.25) is 0 Å². The van der Waals surface area contributed by atoms with Crippen LogP contribution in [0.1, 0.15) is 37.5 Å². The van der Waals surface area contributed by atoms with E-state index in [1.165, 1.54) is 43.6 Å². The molecular weight excluding hydrogens is 270 g/mol. The fraction of sp³-hybridized carbons (Fsp3) is 0.667. The van der Waals surface area contributed by atoms with Crippen molar-refractivity contribution in [2.45, 2.75) is 51.2 Å². The molecule has 1 saturated carbocycles. The molecule has 0 atom stereocenters. The Morgan fingerprint density at radius 2 is 2.10 bits per heavy atom. The molecule has 1 aromatic heterocycles. The molecule has 0 radical (unpaired) electrons. The van der Waals surface area contributed by atoms with E-state index in [2.05, 4.69) is 15.5 Å². The number of rotatable bonds is 5. The van der Waals surface area contributed by atoms with Crippen LogP contribution in [0.25, 0.3) is 0 Å². The van der Waals surface area contributed by atoms with Gasteiger partial charge in [0.2, 0.25) is 5.91 Å². The summed E-state index contributed by atoms with van der Waals surface area (Å²) in [7, 11) is 0. The number of hydrogen-bond donors (Lipinski definition) is 2. The molecule has 2 aliphatic rings. The molecule has 1 aromatic rings. The molecule has 0 bridgehead atoms. The first-order valence-electron chi connectivity index (χ1n) is 7.54. The minimum atomic E-state index is 0.00221. The first-order chi connectivity index (χ1) is 9.72. The molecule has 110 valence electrons. The van der Waals surface area contributed by atoms with Crippen molar-refractivity contribution in [3.05, 3.63) is 16.3 Å². The van der Waals surface area contributed by atoms with E-state index in [1.54, 1.807) is 18.3 Å². The van der Waals surface area contributed by atoms with E-state index in [0.717, 1.165) is 18.3 Å². The molecule has 1 aliphatic carbocycles. The van der Waals surface area contributed by atoms with Gasteiger partial charge >= 0.3 is 0 Å². The van der Waals surface area contributed by atoms with Crippen molar-refractivity contribution in [2.24, 2.45) is 0 Å². The Labute approximate surface area is 124 Å². The molecule has 1 aliphatic heterocycles. The van der Waals surface area contributed by atoms with Crippen LogP contribution in [0.5, 0.6) is 0 Å². The highest BCUT2D eigenvalue weighted by Gasteiger charge is 2.31. The Morgan fingerprint density at radius 3 is 2.75 bits per heavy atom. The van der Waals surface area contributed by atoms with Crippen LogP contribution in [0.3, 0.4) is 0 Å². The van der Waals surface area contributed by atoms with Crippen molar-refractivity contribution in [1.29, 1.82) is 0 Å². The molecule has 0 spiro atoms. The van der Waals surface area contributed by atoms with Crippen LogP contribution in [-0.4, -0.2) is 36.0 Å². The number of likely N-dealkylation sites (tertiary alicyclic amines) is 1. The number of nitrogens with zero attached hydrogens (tertiary/aromatic N) is 1. The molecule has 2 fully saturated rings. The van der Waals surface area contributed by atoms with Gasteiger partial charge in [-0.2, -0.15) is 0 Å². The second kappa shape index (κ2) is 6.24. The number of carbonyl (C=O) groups excluding carboxylic acids is 1. The predicted molar refractivity (Wildman–Crippen MR) is 83.1 cm³/mol. The molecule has 3 rings (SSSR count). The van der Waals surface area contributed by atoms with E-state index >= 15 is 0 Å². The highest BCUT2D eigenvalue weighted by Crippen LogP contribution is 2.29. The number of hydrogen-bond acceptors (Lipinski definition) is 4. The second-order valence-electron chi connectivity index (χ2n) is 5.86. The van der Waals surface area contributed by atoms with Crippen LogP contribution in [0.4, 0.5) is 5.69 Å². The third kappa shape index (κ3) is 3.59. The normalized spacial score (nSPS) is 21.1. The maximum atomic E-state index is 11.1. The van der Waals surface area contributed by atoms with Gasteiger partial charge in [-0.3, -0.25) is 4.79 Å². The molecule has 4 nitrogen and oxygen atoms in total. The quantitative estimate of drug-likeness (QED) is 0.876. The number of piperidine rings is 1. The zero-order valence-electron chi connectivity index (χ0n) is 12.0. The maximum Gasteiger partial charge on any atom is 0.221 e. The molecule has 2 heterocycles. The lowest BCUT2D eigenvalue weighted by Crippen LogP contribution is -2.43. The molecule has 1 saturated heterocycles. The van der Waals surface area contributed by atoms with E-state index in [-0.39, 0.29) is 5.91 Å². The van der Waals surface area contributed by atoms with Crippen LogP contribution in [-0.2, 0) is 11.3 Å². The zero-order chi connectivity index (χ0) is 13.9. The number of anilines is 1. The number of nitrogens with one attached hydrogen (secondary N) is 2. The average molecular weight is 293 g/mol. The Hall–Kier alpha value is -0.910. The lowest BCUT2D eigenvalue weighted by atomic mass is 10.0. The monoisotopic (exact) mass is 293 g/mol. The summed E-state index contributed by atoms with van der Waals surface area (Å²) >= 11 is 1.71. The van der Waals surface area contributed by atoms with Gasteiger partial charge in [0.15, 0.2) is 0 Å². The highest BCUT2D eigenvalue weighted by atomic mass is 32.1. The van der Waals surface area contributed by atoms with E-state index in [0.29, 0.717) is 6.04 Å². The standard InChI is InChI=1S/C15H23N3OS/c1-11(19)17-14-6-9-20-15(14)10-16-12-4-7-18(8-5-12)13-2-3-13/h6,9,12-13,16H,2-5,7-8,10H2,1H3,(H,17,19). The third-order valence-electron chi connectivity index (χ3n) is 4.20. The van der Waals surface area contributed by atoms with Crippen molar-refractivity contribution in [2.75, 3.05) is 18.4 Å². The lowest BCUT2D eigenvalue weighted by molar-refractivity contribution is -0.114. The van der Waals surface area contributed by atoms with E-state index in [9.17, 15) is 4.79 Å². The summed E-state index contributed by atoms with van der Waals surface area (Å²) in [6, 6.07) is 3.51. The summed E-state index contributed by atoms with van der Waals surface area (Å²) in [6.45, 7) is 4.90. The van der Waals surface area contributed by atoms with E-state index < -0.39 is 0 Å². The average Bonchev–Trinajstić information content (AvgIpc) is 3.19. The van der Waals surface area contributed by atoms with Gasteiger partial charge in [-0.15, -0.1) is 11.3 Å². The summed E-state index contributed by atoms with van der Waals surface area (Å²) < 4.78 is 0. The van der Waals surface area contributed by atoms with Crippen LogP contribution < -0.4 is 10.6 Å². The number of carbonyl (C=O) groups is 1. The van der Waals surface area contributed by atoms with Crippen molar-refractivity contribution in [3.8, 4) is 0 Å². The Kier molecular flexibility index (Phi) is 4.38. The largest absolute Gasteiger partial charge is 0.325 e. The van der Waals surface area contributed by atoms with Gasteiger partial charge in [-0.25, -0.2) is 0 Å². The Balaban J connectivity index is 1.45. The summed E-state index contributed by atoms with van der Waals surface area (Å²) in [5, 5.41) is 8.58. The highest BCUT2D eigenvalue weighted by molar-refractivity contribution is 7.10. The summed E-state index contributed by atoms with van der Waals surface area (Å²) in [4.78, 5) is 15.0. The van der Waals surface area contributed by atoms with Crippen molar-refractivity contribution in [1.82, 2.24) is 10.2 Å². The van der Waals surface area contributed by atoms with Crippen LogP contribution >= 0.6 is 11.3 Å². The summed E-state index contributed by atoms with van der Waals surface area (Å²) in [5.74, 6) is 0.00221. The Bertz CT molecular complexity index is 461. The first kappa shape index (κ1) is 14.0. The summed E-state index contributed by atoms with van der Waals surface area (Å²) in [6.07, 6.45) is 5.31. The van der Waals surface area contributed by atoms with Crippen molar-refractivity contribution < 1.29 is 4.79 Å². The summed E-state index contributed by atoms with van der Waals surface area (Å²) in [5.41, 5.74) is 0.963. The van der Waals surface area contributed by atoms with Crippen molar-refractivity contribution in [3.63, 3.8) is 0 Å². The van der Waals surface area contributed by atoms with Crippen LogP contribution in [0.15, 0.2) is 11.4 Å². The molecule has 1 amide bonds. The zero-order valence-corrected chi connectivity index (χ0v) is 12.8. The second-order valence-corrected chi connectivity index (χ2v) is 6.86. The smallest absolute Gasteiger partial charge is 0.221 e. The maximum absolute atomic E-state index is 11.1. The van der Waals surface area contributed by atoms with Crippen molar-refractivity contribution >= 4 is 22.9 Å². The minimum Gasteiger partial charge on any atom is -0.325 e. The minimum absolute atomic E-state index is 0.00221. The van der Waals surface area contributed by atoms with Gasteiger partial charge in [0.25, 0.3) is 0 Å². The van der Waals surface area contributed by atoms with E-state index in [4.69, 9.17) is 0 Å². The molecular formula is C15H23N3OS. The molecule has 5 heteroatoms. The fourth-order valence-electron chi connectivity index (χ4n) is 2.92. The van der Waals surface area contributed by atoms with Crippen LogP contribution in [0, 0.1) is 0 Å². The molecule has 0 unspecified atom stereocenters. The predicted octanol–water partition coefficient (Wildman–Crippen LogP) is 2.42. The lowest BCUT2D eigenvalue weighted by Gasteiger charge is -2.32. The SMILES string of the molecule is CC(=O)Nc1ccsc1CNC1CCN(C2CC2)CC1. The fourth-order valence-corrected chi connectivity index (χ4v) is 3.71. The number of thiophene rings is 1.